The van der Waals surface area contributed by atoms with Crippen molar-refractivity contribution >= 4 is 28.7 Å². The van der Waals surface area contributed by atoms with Crippen molar-refractivity contribution in [1.29, 1.82) is 0 Å². The third kappa shape index (κ3) is 4.15. The van der Waals surface area contributed by atoms with Crippen LogP contribution in [0.5, 0.6) is 0 Å². The molecule has 190 valence electrons. The number of amides is 1. The molecular weight excluding hydrogens is 477 g/mol. The zero-order chi connectivity index (χ0) is 25.7. The predicted molar refractivity (Wildman–Crippen MR) is 135 cm³/mol. The number of ether oxygens (including phenoxy) is 1. The highest BCUT2D eigenvalue weighted by atomic mass is 19.1. The highest BCUT2D eigenvalue weighted by Crippen LogP contribution is 2.34. The summed E-state index contributed by atoms with van der Waals surface area (Å²) in [4.78, 5) is 28.2. The molecule has 0 unspecified atom stereocenters. The van der Waals surface area contributed by atoms with E-state index in [2.05, 4.69) is 30.5 Å². The second kappa shape index (κ2) is 8.79. The van der Waals surface area contributed by atoms with E-state index >= 15 is 0 Å². The van der Waals surface area contributed by atoms with Crippen molar-refractivity contribution in [3.05, 3.63) is 66.0 Å². The lowest BCUT2D eigenvalue weighted by Gasteiger charge is -2.39. The molecule has 6 rings (SSSR count). The zero-order valence-corrected chi connectivity index (χ0v) is 20.4. The van der Waals surface area contributed by atoms with Crippen LogP contribution in [0.2, 0.25) is 0 Å². The molecule has 0 spiro atoms. The van der Waals surface area contributed by atoms with Gasteiger partial charge in [-0.1, -0.05) is 0 Å². The van der Waals surface area contributed by atoms with Crippen molar-refractivity contribution in [2.45, 2.75) is 32.1 Å². The average Bonchev–Trinajstić information content (AvgIpc) is 3.50. The molecule has 3 N–H and O–H groups in total. The van der Waals surface area contributed by atoms with E-state index in [1.165, 1.54) is 6.07 Å². The van der Waals surface area contributed by atoms with Gasteiger partial charge in [-0.15, -0.1) is 0 Å². The van der Waals surface area contributed by atoms with Gasteiger partial charge in [0.15, 0.2) is 11.5 Å². The molecule has 1 atom stereocenters. The summed E-state index contributed by atoms with van der Waals surface area (Å²) in [6.45, 7) is 5.58. The van der Waals surface area contributed by atoms with Crippen LogP contribution < -0.4 is 15.5 Å². The number of aliphatic hydroxyl groups is 1. The molecule has 6 heterocycles. The Morgan fingerprint density at radius 2 is 2.05 bits per heavy atom. The minimum Gasteiger partial charge on any atom is -0.388 e. The van der Waals surface area contributed by atoms with E-state index in [4.69, 9.17) is 4.74 Å². The van der Waals surface area contributed by atoms with Gasteiger partial charge in [-0.05, 0) is 38.1 Å². The van der Waals surface area contributed by atoms with E-state index in [0.29, 0.717) is 60.3 Å². The number of halogens is 1. The number of nitrogens with one attached hydrogen (secondary N) is 2. The van der Waals surface area contributed by atoms with Gasteiger partial charge in [-0.3, -0.25) is 14.2 Å². The van der Waals surface area contributed by atoms with Gasteiger partial charge in [-0.2, -0.15) is 0 Å². The molecule has 0 saturated carbocycles. The van der Waals surface area contributed by atoms with Gasteiger partial charge in [0.05, 0.1) is 59.1 Å². The molecule has 0 aliphatic carbocycles. The molecule has 0 radical (unpaired) electrons. The smallest absolute Gasteiger partial charge is 0.254 e. The van der Waals surface area contributed by atoms with Crippen LogP contribution in [0.15, 0.2) is 49.1 Å². The van der Waals surface area contributed by atoms with Crippen molar-refractivity contribution in [3.63, 3.8) is 0 Å². The fourth-order valence-corrected chi connectivity index (χ4v) is 4.80. The second-order valence-corrected chi connectivity index (χ2v) is 9.74. The first-order valence-corrected chi connectivity index (χ1v) is 12.0. The van der Waals surface area contributed by atoms with Crippen LogP contribution in [0, 0.1) is 5.82 Å². The lowest BCUT2D eigenvalue weighted by Crippen LogP contribution is -2.52. The highest BCUT2D eigenvalue weighted by Gasteiger charge is 2.33. The summed E-state index contributed by atoms with van der Waals surface area (Å²) in [5.74, 6) is -0.0896. The number of hydrogen-bond acceptors (Lipinski definition) is 8. The van der Waals surface area contributed by atoms with E-state index < -0.39 is 11.4 Å². The summed E-state index contributed by atoms with van der Waals surface area (Å²) in [7, 11) is 0. The standard InChI is InChI=1S/C26H26FN7O3/c1-26(2,36)20-14-33(8-9-37-20)15-5-6-21(28-10-15)32-18-12-29-23(16-11-31-25(35)22(16)18)19-13-30-24-17(27)4-3-7-34(19)24/h3-7,10,12-13,20,36H,8-9,11,14H2,1-2H3,(H,28,32)(H,31,35)/t20-/m1/s1. The van der Waals surface area contributed by atoms with Crippen LogP contribution >= 0.6 is 0 Å². The fraction of sp³-hybridized carbons (Fsp3) is 0.308. The predicted octanol–water partition coefficient (Wildman–Crippen LogP) is 2.89. The van der Waals surface area contributed by atoms with E-state index in [9.17, 15) is 14.3 Å². The van der Waals surface area contributed by atoms with E-state index in [1.807, 2.05) is 12.1 Å². The molecule has 1 amide bonds. The van der Waals surface area contributed by atoms with Crippen LogP contribution in [0.1, 0.15) is 29.8 Å². The van der Waals surface area contributed by atoms with Crippen LogP contribution in [0.4, 0.5) is 21.6 Å². The topological polar surface area (TPSA) is 117 Å². The van der Waals surface area contributed by atoms with Crippen molar-refractivity contribution in [3.8, 4) is 11.4 Å². The summed E-state index contributed by atoms with van der Waals surface area (Å²) >= 11 is 0. The number of carbonyl (C=O) groups excluding carboxylic acids is 1. The Labute approximate surface area is 212 Å². The number of carbonyl (C=O) groups is 1. The van der Waals surface area contributed by atoms with Gasteiger partial charge in [0.1, 0.15) is 11.9 Å². The molecule has 37 heavy (non-hydrogen) atoms. The largest absolute Gasteiger partial charge is 0.388 e. The fourth-order valence-electron chi connectivity index (χ4n) is 4.80. The molecule has 4 aromatic heterocycles. The summed E-state index contributed by atoms with van der Waals surface area (Å²) in [6.07, 6.45) is 6.32. The quantitative estimate of drug-likeness (QED) is 0.381. The first kappa shape index (κ1) is 23.3. The molecule has 4 aromatic rings. The maximum absolute atomic E-state index is 14.2. The van der Waals surface area contributed by atoms with E-state index in [0.717, 1.165) is 5.69 Å². The van der Waals surface area contributed by atoms with Crippen LogP contribution in [0.3, 0.4) is 0 Å². The van der Waals surface area contributed by atoms with Crippen molar-refractivity contribution in [2.75, 3.05) is 29.9 Å². The highest BCUT2D eigenvalue weighted by molar-refractivity contribution is 6.05. The Hall–Kier alpha value is -4.09. The minimum atomic E-state index is -0.939. The number of pyridine rings is 3. The SMILES string of the molecule is CC(C)(O)[C@H]1CN(c2ccc(Nc3cnc(-c4cnc5c(F)cccn45)c4c3C(=O)NC4)nc2)CCO1. The Kier molecular flexibility index (Phi) is 5.54. The summed E-state index contributed by atoms with van der Waals surface area (Å²) in [5.41, 5.74) is 3.06. The van der Waals surface area contributed by atoms with Crippen LogP contribution in [-0.4, -0.2) is 61.8 Å². The normalized spacial score (nSPS) is 17.7. The van der Waals surface area contributed by atoms with Crippen LogP contribution in [0.25, 0.3) is 17.0 Å². The van der Waals surface area contributed by atoms with Gasteiger partial charge < -0.3 is 25.4 Å². The van der Waals surface area contributed by atoms with Gasteiger partial charge in [0.25, 0.3) is 5.91 Å². The maximum Gasteiger partial charge on any atom is 0.254 e. The number of rotatable bonds is 5. The average molecular weight is 504 g/mol. The molecule has 0 bridgehead atoms. The summed E-state index contributed by atoms with van der Waals surface area (Å²) in [6, 6.07) is 6.73. The number of imidazole rings is 1. The van der Waals surface area contributed by atoms with Crippen molar-refractivity contribution in [1.82, 2.24) is 24.7 Å². The third-order valence-corrected chi connectivity index (χ3v) is 6.79. The maximum atomic E-state index is 14.2. The van der Waals surface area contributed by atoms with Crippen molar-refractivity contribution in [2.24, 2.45) is 0 Å². The molecule has 2 aliphatic rings. The molecule has 11 heteroatoms. The lowest BCUT2D eigenvalue weighted by molar-refractivity contribution is -0.0928. The summed E-state index contributed by atoms with van der Waals surface area (Å²) in [5, 5.41) is 16.4. The molecule has 0 aromatic carbocycles. The number of anilines is 3. The lowest BCUT2D eigenvalue weighted by atomic mass is 10.00. The summed E-state index contributed by atoms with van der Waals surface area (Å²) < 4.78 is 21.5. The van der Waals surface area contributed by atoms with Gasteiger partial charge in [0, 0.05) is 31.4 Å². The Morgan fingerprint density at radius 1 is 1.19 bits per heavy atom. The molecule has 10 nitrogen and oxygen atoms in total. The first-order chi connectivity index (χ1) is 17.8. The number of fused-ring (bicyclic) bond motifs is 2. The molecular formula is C26H26FN7O3. The number of aromatic nitrogens is 4. The Balaban J connectivity index is 1.28. The number of morpholine rings is 1. The Bertz CT molecular complexity index is 1500. The monoisotopic (exact) mass is 503 g/mol. The second-order valence-electron chi connectivity index (χ2n) is 9.74. The first-order valence-electron chi connectivity index (χ1n) is 12.0. The van der Waals surface area contributed by atoms with Gasteiger partial charge in [-0.25, -0.2) is 14.4 Å². The Morgan fingerprint density at radius 3 is 2.84 bits per heavy atom. The van der Waals surface area contributed by atoms with Crippen molar-refractivity contribution < 1.29 is 19.0 Å². The number of hydrogen-bond donors (Lipinski definition) is 3. The van der Waals surface area contributed by atoms with Crippen LogP contribution in [-0.2, 0) is 11.3 Å². The van der Waals surface area contributed by atoms with E-state index in [1.54, 1.807) is 49.1 Å². The molecule has 1 fully saturated rings. The van der Waals surface area contributed by atoms with E-state index in [-0.39, 0.29) is 17.7 Å². The minimum absolute atomic E-state index is 0.200. The number of nitrogens with zero attached hydrogens (tertiary/aromatic N) is 5. The van der Waals surface area contributed by atoms with Gasteiger partial charge >= 0.3 is 0 Å². The molecule has 1 saturated heterocycles. The van der Waals surface area contributed by atoms with Gasteiger partial charge in [0.2, 0.25) is 0 Å². The zero-order valence-electron chi connectivity index (χ0n) is 20.4. The third-order valence-electron chi connectivity index (χ3n) is 6.79. The molecule has 2 aliphatic heterocycles.